The van der Waals surface area contributed by atoms with E-state index in [1.54, 1.807) is 13.1 Å². The van der Waals surface area contributed by atoms with Gasteiger partial charge in [-0.05, 0) is 25.5 Å². The van der Waals surface area contributed by atoms with Crippen LogP contribution in [0.3, 0.4) is 0 Å². The van der Waals surface area contributed by atoms with Gasteiger partial charge in [-0.25, -0.2) is 4.98 Å². The Bertz CT molecular complexity index is 605. The van der Waals surface area contributed by atoms with Gasteiger partial charge < -0.3 is 16.5 Å². The summed E-state index contributed by atoms with van der Waals surface area (Å²) in [6.45, 7) is 4.29. The van der Waals surface area contributed by atoms with Crippen LogP contribution in [0.25, 0.3) is 11.1 Å². The molecule has 1 aromatic heterocycles. The molecule has 0 saturated heterocycles. The number of aromatic nitrogens is 1. The fourth-order valence-corrected chi connectivity index (χ4v) is 1.83. The third kappa shape index (κ3) is 3.31. The van der Waals surface area contributed by atoms with E-state index in [4.69, 9.17) is 11.1 Å². The Morgan fingerprint density at radius 3 is 2.79 bits per heavy atom. The molecule has 0 spiro atoms. The Kier molecular flexibility index (Phi) is 3.80. The molecule has 0 radical (unpaired) electrons. The second-order valence-corrected chi connectivity index (χ2v) is 4.66. The van der Waals surface area contributed by atoms with Crippen molar-refractivity contribution in [2.24, 2.45) is 0 Å². The van der Waals surface area contributed by atoms with Crippen LogP contribution in [0.2, 0.25) is 0 Å². The lowest BCUT2D eigenvalue weighted by Crippen LogP contribution is -2.11. The molecule has 4 nitrogen and oxygen atoms in total. The standard InChI is InChI=1S/C15H18N4/c1-10-4-3-5-12(6-10)13-7-14(15(17)19-9-13)18-8-11(2)16/h3-7,9,16,18H,8H2,1-2H3,(H2,17,19). The molecule has 1 aromatic carbocycles. The lowest BCUT2D eigenvalue weighted by Gasteiger charge is -2.10. The second kappa shape index (κ2) is 5.52. The number of rotatable bonds is 4. The summed E-state index contributed by atoms with van der Waals surface area (Å²) in [6.07, 6.45) is 1.77. The number of aryl methyl sites for hydroxylation is 1. The van der Waals surface area contributed by atoms with E-state index >= 15 is 0 Å². The van der Waals surface area contributed by atoms with E-state index in [0.717, 1.165) is 16.8 Å². The van der Waals surface area contributed by atoms with E-state index in [1.807, 2.05) is 18.2 Å². The van der Waals surface area contributed by atoms with E-state index < -0.39 is 0 Å². The highest BCUT2D eigenvalue weighted by atomic mass is 15.0. The molecule has 0 aliphatic heterocycles. The number of nitrogens with one attached hydrogen (secondary N) is 2. The molecule has 0 aliphatic carbocycles. The largest absolute Gasteiger partial charge is 0.382 e. The average molecular weight is 254 g/mol. The fraction of sp³-hybridized carbons (Fsp3) is 0.200. The molecule has 98 valence electrons. The summed E-state index contributed by atoms with van der Waals surface area (Å²) in [6, 6.07) is 10.2. The maximum absolute atomic E-state index is 7.44. The molecular weight excluding hydrogens is 236 g/mol. The molecule has 0 aliphatic rings. The molecule has 4 N–H and O–H groups in total. The van der Waals surface area contributed by atoms with Crippen LogP contribution in [-0.2, 0) is 0 Å². The van der Waals surface area contributed by atoms with E-state index in [0.29, 0.717) is 18.1 Å². The van der Waals surface area contributed by atoms with Crippen LogP contribution in [-0.4, -0.2) is 17.2 Å². The fourth-order valence-electron chi connectivity index (χ4n) is 1.83. The molecule has 0 atom stereocenters. The lowest BCUT2D eigenvalue weighted by atomic mass is 10.0. The Balaban J connectivity index is 2.32. The summed E-state index contributed by atoms with van der Waals surface area (Å²) in [5, 5.41) is 10.6. The highest BCUT2D eigenvalue weighted by Crippen LogP contribution is 2.25. The number of anilines is 2. The molecule has 19 heavy (non-hydrogen) atoms. The van der Waals surface area contributed by atoms with Crippen LogP contribution in [0, 0.1) is 12.3 Å². The summed E-state index contributed by atoms with van der Waals surface area (Å²) < 4.78 is 0. The van der Waals surface area contributed by atoms with Gasteiger partial charge in [0, 0.05) is 17.5 Å². The third-order valence-corrected chi connectivity index (χ3v) is 2.81. The van der Waals surface area contributed by atoms with Gasteiger partial charge in [0.2, 0.25) is 0 Å². The van der Waals surface area contributed by atoms with Crippen molar-refractivity contribution in [1.29, 1.82) is 5.41 Å². The van der Waals surface area contributed by atoms with Crippen molar-refractivity contribution in [1.82, 2.24) is 4.98 Å². The molecule has 0 fully saturated rings. The maximum atomic E-state index is 7.44. The van der Waals surface area contributed by atoms with Crippen LogP contribution in [0.1, 0.15) is 12.5 Å². The minimum Gasteiger partial charge on any atom is -0.382 e. The molecule has 0 amide bonds. The van der Waals surface area contributed by atoms with Gasteiger partial charge in [0.25, 0.3) is 0 Å². The third-order valence-electron chi connectivity index (χ3n) is 2.81. The van der Waals surface area contributed by atoms with E-state index in [2.05, 4.69) is 29.4 Å². The van der Waals surface area contributed by atoms with Crippen LogP contribution in [0.15, 0.2) is 36.5 Å². The number of nitrogens with zero attached hydrogens (tertiary/aromatic N) is 1. The molecule has 0 bridgehead atoms. The number of pyridine rings is 1. The molecule has 0 unspecified atom stereocenters. The number of nitrogen functional groups attached to an aromatic ring is 1. The molecule has 1 heterocycles. The van der Waals surface area contributed by atoms with Gasteiger partial charge in [0.1, 0.15) is 5.82 Å². The molecule has 2 aromatic rings. The van der Waals surface area contributed by atoms with Gasteiger partial charge in [-0.3, -0.25) is 0 Å². The van der Waals surface area contributed by atoms with Crippen molar-refractivity contribution in [2.75, 3.05) is 17.6 Å². The van der Waals surface area contributed by atoms with Crippen molar-refractivity contribution in [2.45, 2.75) is 13.8 Å². The number of nitrogens with two attached hydrogens (primary N) is 1. The van der Waals surface area contributed by atoms with Gasteiger partial charge in [0.15, 0.2) is 0 Å². The van der Waals surface area contributed by atoms with Gasteiger partial charge in [-0.15, -0.1) is 0 Å². The Hall–Kier alpha value is -2.36. The SMILES string of the molecule is CC(=N)CNc1cc(-c2cccc(C)c2)cnc1N. The molecule has 0 saturated carbocycles. The summed E-state index contributed by atoms with van der Waals surface area (Å²) >= 11 is 0. The van der Waals surface area contributed by atoms with E-state index in [1.165, 1.54) is 5.56 Å². The first kappa shape index (κ1) is 13.1. The minimum absolute atomic E-state index is 0.456. The van der Waals surface area contributed by atoms with E-state index in [-0.39, 0.29) is 0 Å². The van der Waals surface area contributed by atoms with Crippen molar-refractivity contribution in [3.63, 3.8) is 0 Å². The van der Waals surface area contributed by atoms with Gasteiger partial charge in [-0.1, -0.05) is 29.8 Å². The number of benzene rings is 1. The van der Waals surface area contributed by atoms with Gasteiger partial charge in [-0.2, -0.15) is 0 Å². The molecular formula is C15H18N4. The highest BCUT2D eigenvalue weighted by molar-refractivity contribution is 5.84. The summed E-state index contributed by atoms with van der Waals surface area (Å²) in [5.41, 5.74) is 10.5. The Morgan fingerprint density at radius 1 is 1.32 bits per heavy atom. The summed E-state index contributed by atoms with van der Waals surface area (Å²) in [5.74, 6) is 0.456. The van der Waals surface area contributed by atoms with Crippen LogP contribution >= 0.6 is 0 Å². The van der Waals surface area contributed by atoms with Crippen molar-refractivity contribution in [3.05, 3.63) is 42.1 Å². The summed E-state index contributed by atoms with van der Waals surface area (Å²) in [7, 11) is 0. The summed E-state index contributed by atoms with van der Waals surface area (Å²) in [4.78, 5) is 4.21. The number of hydrogen-bond acceptors (Lipinski definition) is 4. The van der Waals surface area contributed by atoms with Crippen molar-refractivity contribution in [3.8, 4) is 11.1 Å². The predicted molar refractivity (Wildman–Crippen MR) is 80.7 cm³/mol. The zero-order valence-corrected chi connectivity index (χ0v) is 11.2. The van der Waals surface area contributed by atoms with Crippen molar-refractivity contribution >= 4 is 17.2 Å². The first-order chi connectivity index (χ1) is 9.06. The Morgan fingerprint density at radius 2 is 2.11 bits per heavy atom. The number of hydrogen-bond donors (Lipinski definition) is 3. The van der Waals surface area contributed by atoms with Crippen LogP contribution < -0.4 is 11.1 Å². The Labute approximate surface area is 113 Å². The average Bonchev–Trinajstić information content (AvgIpc) is 2.37. The zero-order valence-electron chi connectivity index (χ0n) is 11.2. The quantitative estimate of drug-likeness (QED) is 0.734. The van der Waals surface area contributed by atoms with E-state index in [9.17, 15) is 0 Å². The topological polar surface area (TPSA) is 74.8 Å². The first-order valence-electron chi connectivity index (χ1n) is 6.16. The maximum Gasteiger partial charge on any atom is 0.146 e. The van der Waals surface area contributed by atoms with Crippen LogP contribution in [0.4, 0.5) is 11.5 Å². The highest BCUT2D eigenvalue weighted by Gasteiger charge is 2.04. The first-order valence-corrected chi connectivity index (χ1v) is 6.16. The van der Waals surface area contributed by atoms with Crippen LogP contribution in [0.5, 0.6) is 0 Å². The molecule has 4 heteroatoms. The monoisotopic (exact) mass is 254 g/mol. The minimum atomic E-state index is 0.456. The van der Waals surface area contributed by atoms with Gasteiger partial charge in [0.05, 0.1) is 12.2 Å². The molecule has 2 rings (SSSR count). The zero-order chi connectivity index (χ0) is 13.8. The van der Waals surface area contributed by atoms with Gasteiger partial charge >= 0.3 is 0 Å². The second-order valence-electron chi connectivity index (χ2n) is 4.66. The predicted octanol–water partition coefficient (Wildman–Crippen LogP) is 3.09. The lowest BCUT2D eigenvalue weighted by molar-refractivity contribution is 1.27. The van der Waals surface area contributed by atoms with Crippen molar-refractivity contribution < 1.29 is 0 Å². The smallest absolute Gasteiger partial charge is 0.146 e. The normalized spacial score (nSPS) is 10.2.